The number of aromatic nitrogens is 2. The summed E-state index contributed by atoms with van der Waals surface area (Å²) in [5, 5.41) is 13.9. The van der Waals surface area contributed by atoms with Gasteiger partial charge in [-0.3, -0.25) is 4.79 Å². The lowest BCUT2D eigenvalue weighted by Crippen LogP contribution is -2.34. The van der Waals surface area contributed by atoms with E-state index in [4.69, 9.17) is 27.8 Å². The number of hydrogen-bond acceptors (Lipinski definition) is 6. The summed E-state index contributed by atoms with van der Waals surface area (Å²) in [5.41, 5.74) is 13.0. The highest BCUT2D eigenvalue weighted by molar-refractivity contribution is 6.32. The van der Waals surface area contributed by atoms with Gasteiger partial charge in [0.15, 0.2) is 6.19 Å². The number of benzene rings is 2. The molecular formula is C22H20ClFN6O2. The van der Waals surface area contributed by atoms with Crippen LogP contribution >= 0.6 is 11.6 Å². The zero-order valence-electron chi connectivity index (χ0n) is 17.0. The Hall–Kier alpha value is -3.77. The summed E-state index contributed by atoms with van der Waals surface area (Å²) in [7, 11) is 0. The van der Waals surface area contributed by atoms with Gasteiger partial charge < -0.3 is 21.1 Å². The molecule has 2 aromatic carbocycles. The summed E-state index contributed by atoms with van der Waals surface area (Å²) >= 11 is 6.01. The second-order valence-electron chi connectivity index (χ2n) is 7.46. The van der Waals surface area contributed by atoms with Gasteiger partial charge in [-0.25, -0.2) is 9.07 Å². The van der Waals surface area contributed by atoms with Crippen molar-refractivity contribution in [3.63, 3.8) is 0 Å². The number of anilines is 1. The van der Waals surface area contributed by atoms with Gasteiger partial charge >= 0.3 is 0 Å². The van der Waals surface area contributed by atoms with E-state index in [0.29, 0.717) is 35.8 Å². The topological polar surface area (TPSA) is 123 Å². The summed E-state index contributed by atoms with van der Waals surface area (Å²) in [4.78, 5) is 13.8. The van der Waals surface area contributed by atoms with Crippen LogP contribution in [0.2, 0.25) is 5.02 Å². The SMILES string of the molecule is N#CN1CCC[C@@H](n2nc(-c3ccc(Oc4ccc(F)cc4Cl)cc3)c(C(N)=O)c2N)C1. The molecule has 3 aromatic rings. The molecule has 0 unspecified atom stereocenters. The maximum Gasteiger partial charge on any atom is 0.254 e. The molecule has 4 rings (SSSR count). The molecule has 4 N–H and O–H groups in total. The van der Waals surface area contributed by atoms with E-state index in [-0.39, 0.29) is 22.4 Å². The molecule has 10 heteroatoms. The van der Waals surface area contributed by atoms with Crippen LogP contribution in [0.3, 0.4) is 0 Å². The molecule has 8 nitrogen and oxygen atoms in total. The van der Waals surface area contributed by atoms with Crippen molar-refractivity contribution in [2.24, 2.45) is 5.73 Å². The zero-order chi connectivity index (χ0) is 22.8. The minimum absolute atomic E-state index is 0.134. The van der Waals surface area contributed by atoms with Crippen molar-refractivity contribution in [1.29, 1.82) is 5.26 Å². The molecule has 0 saturated carbocycles. The number of carbonyl (C=O) groups excluding carboxylic acids is 1. The van der Waals surface area contributed by atoms with Crippen molar-refractivity contribution in [1.82, 2.24) is 14.7 Å². The summed E-state index contributed by atoms with van der Waals surface area (Å²) in [6.45, 7) is 1.15. The fourth-order valence-corrected chi connectivity index (χ4v) is 3.99. The lowest BCUT2D eigenvalue weighted by atomic mass is 10.1. The first-order chi connectivity index (χ1) is 15.4. The van der Waals surface area contributed by atoms with E-state index in [1.54, 1.807) is 33.8 Å². The van der Waals surface area contributed by atoms with Crippen LogP contribution in [0.25, 0.3) is 11.3 Å². The Labute approximate surface area is 188 Å². The number of nitrogen functional groups attached to an aromatic ring is 1. The molecule has 1 aliphatic rings. The number of primary amides is 1. The van der Waals surface area contributed by atoms with E-state index < -0.39 is 11.7 Å². The first kappa shape index (κ1) is 21.5. The molecule has 1 fully saturated rings. The van der Waals surface area contributed by atoms with E-state index in [1.165, 1.54) is 18.2 Å². The Morgan fingerprint density at radius 1 is 1.28 bits per heavy atom. The average Bonchev–Trinajstić information content (AvgIpc) is 3.13. The van der Waals surface area contributed by atoms with Crippen molar-refractivity contribution < 1.29 is 13.9 Å². The number of amides is 1. The quantitative estimate of drug-likeness (QED) is 0.563. The number of carbonyl (C=O) groups is 1. The Balaban J connectivity index is 1.64. The highest BCUT2D eigenvalue weighted by Crippen LogP contribution is 2.34. The van der Waals surface area contributed by atoms with Crippen LogP contribution in [-0.4, -0.2) is 33.7 Å². The predicted molar refractivity (Wildman–Crippen MR) is 118 cm³/mol. The normalized spacial score (nSPS) is 15.9. The second-order valence-corrected chi connectivity index (χ2v) is 7.87. The molecule has 32 heavy (non-hydrogen) atoms. The second kappa shape index (κ2) is 8.77. The number of nitriles is 1. The number of nitrogens with zero attached hydrogens (tertiary/aromatic N) is 4. The Kier molecular flexibility index (Phi) is 5.88. The minimum atomic E-state index is -0.685. The molecule has 1 saturated heterocycles. The highest BCUT2D eigenvalue weighted by Gasteiger charge is 2.28. The molecule has 0 bridgehead atoms. The summed E-state index contributed by atoms with van der Waals surface area (Å²) in [6.07, 6.45) is 3.75. The lowest BCUT2D eigenvalue weighted by molar-refractivity contribution is 0.100. The molecule has 1 aliphatic heterocycles. The molecule has 0 aliphatic carbocycles. The van der Waals surface area contributed by atoms with Crippen molar-refractivity contribution in [3.05, 3.63) is 58.9 Å². The fourth-order valence-electron chi connectivity index (χ4n) is 3.78. The number of hydrogen-bond donors (Lipinski definition) is 2. The minimum Gasteiger partial charge on any atom is -0.456 e. The number of nitrogens with two attached hydrogens (primary N) is 2. The molecule has 0 radical (unpaired) electrons. The summed E-state index contributed by atoms with van der Waals surface area (Å²) in [5.74, 6) is -0.190. The van der Waals surface area contributed by atoms with Crippen LogP contribution in [-0.2, 0) is 0 Å². The highest BCUT2D eigenvalue weighted by atomic mass is 35.5. The summed E-state index contributed by atoms with van der Waals surface area (Å²) < 4.78 is 20.5. The van der Waals surface area contributed by atoms with Crippen LogP contribution in [0.5, 0.6) is 11.5 Å². The smallest absolute Gasteiger partial charge is 0.254 e. The first-order valence-electron chi connectivity index (χ1n) is 9.93. The fraction of sp³-hybridized carbons (Fsp3) is 0.227. The molecule has 1 amide bonds. The molecule has 1 atom stereocenters. The molecule has 1 aromatic heterocycles. The Morgan fingerprint density at radius 2 is 2.03 bits per heavy atom. The maximum absolute atomic E-state index is 13.2. The van der Waals surface area contributed by atoms with Crippen LogP contribution in [0, 0.1) is 17.3 Å². The van der Waals surface area contributed by atoms with Gasteiger partial charge in [-0.15, -0.1) is 0 Å². The monoisotopic (exact) mass is 454 g/mol. The number of halogens is 2. The van der Waals surface area contributed by atoms with Crippen LogP contribution < -0.4 is 16.2 Å². The van der Waals surface area contributed by atoms with Crippen LogP contribution in [0.1, 0.15) is 29.2 Å². The van der Waals surface area contributed by atoms with Crippen LogP contribution in [0.4, 0.5) is 10.2 Å². The van der Waals surface area contributed by atoms with E-state index in [0.717, 1.165) is 12.8 Å². The largest absolute Gasteiger partial charge is 0.456 e. The van der Waals surface area contributed by atoms with Crippen molar-refractivity contribution in [3.8, 4) is 28.9 Å². The number of piperidine rings is 1. The third-order valence-electron chi connectivity index (χ3n) is 5.33. The van der Waals surface area contributed by atoms with Gasteiger partial charge in [0.25, 0.3) is 5.91 Å². The Bertz CT molecular complexity index is 1200. The van der Waals surface area contributed by atoms with Crippen LogP contribution in [0.15, 0.2) is 42.5 Å². The zero-order valence-corrected chi connectivity index (χ0v) is 17.7. The number of likely N-dealkylation sites (tertiary alicyclic amines) is 1. The molecular weight excluding hydrogens is 435 g/mol. The van der Waals surface area contributed by atoms with Gasteiger partial charge in [0, 0.05) is 12.1 Å². The number of ether oxygens (including phenoxy) is 1. The van der Waals surface area contributed by atoms with Gasteiger partial charge in [-0.2, -0.15) is 10.4 Å². The maximum atomic E-state index is 13.2. The predicted octanol–water partition coefficient (Wildman–Crippen LogP) is 3.93. The van der Waals surface area contributed by atoms with Crippen molar-refractivity contribution in [2.75, 3.05) is 18.8 Å². The van der Waals surface area contributed by atoms with Crippen molar-refractivity contribution >= 4 is 23.3 Å². The van der Waals surface area contributed by atoms with E-state index in [9.17, 15) is 14.4 Å². The molecule has 164 valence electrons. The van der Waals surface area contributed by atoms with Gasteiger partial charge in [0.2, 0.25) is 0 Å². The molecule has 2 heterocycles. The van der Waals surface area contributed by atoms with Crippen molar-refractivity contribution in [2.45, 2.75) is 18.9 Å². The average molecular weight is 455 g/mol. The van der Waals surface area contributed by atoms with E-state index in [2.05, 4.69) is 11.3 Å². The lowest BCUT2D eigenvalue weighted by Gasteiger charge is -2.29. The van der Waals surface area contributed by atoms with Gasteiger partial charge in [-0.1, -0.05) is 11.6 Å². The third-order valence-corrected chi connectivity index (χ3v) is 5.62. The molecule has 0 spiro atoms. The Morgan fingerprint density at radius 3 is 2.69 bits per heavy atom. The van der Waals surface area contributed by atoms with Gasteiger partial charge in [0.1, 0.15) is 34.4 Å². The van der Waals surface area contributed by atoms with Gasteiger partial charge in [0.05, 0.1) is 17.6 Å². The van der Waals surface area contributed by atoms with E-state index >= 15 is 0 Å². The standard InChI is InChI=1S/C22H20ClFN6O2/c23-17-10-14(24)5-8-18(17)32-16-6-3-13(4-7-16)20-19(22(27)31)21(26)30(28-20)15-2-1-9-29(11-15)12-25/h3-8,10,15H,1-2,9,11,26H2,(H2,27,31)/t15-/m1/s1. The summed E-state index contributed by atoms with van der Waals surface area (Å²) in [6, 6.07) is 10.5. The van der Waals surface area contributed by atoms with Gasteiger partial charge in [-0.05, 0) is 55.3 Å². The third kappa shape index (κ3) is 4.18. The first-order valence-corrected chi connectivity index (χ1v) is 10.3. The van der Waals surface area contributed by atoms with E-state index in [1.807, 2.05) is 0 Å². The number of rotatable bonds is 5.